The van der Waals surface area contributed by atoms with Crippen molar-refractivity contribution < 1.29 is 62.9 Å². The second kappa shape index (κ2) is 15.2. The Hall–Kier alpha value is -3.52. The van der Waals surface area contributed by atoms with Crippen LogP contribution in [0.25, 0.3) is 11.1 Å². The standard InChI is InChI=1S/C35H34F10O4/c1-2-3-4-5-19-6-8-20(9-7-19)23-17-46-33(47-18-23)21-10-11-25(26(36)12-21)22-13-27(37)31(28(38)14-22)34(41,42)48-24-15-29(39)32(30(40)16-24)49-35(43,44)45/h10-16,19-20,23,33H,2-9,17-18H2,1H3. The average Bonchev–Trinajstić information content (AvgIpc) is 3.02. The monoisotopic (exact) mass is 708 g/mol. The molecule has 2 fully saturated rings. The van der Waals surface area contributed by atoms with Gasteiger partial charge in [0.1, 0.15) is 28.8 Å². The van der Waals surface area contributed by atoms with Crippen LogP contribution < -0.4 is 9.47 Å². The van der Waals surface area contributed by atoms with Gasteiger partial charge in [0.25, 0.3) is 0 Å². The molecular weight excluding hydrogens is 674 g/mol. The minimum absolute atomic E-state index is 0.0838. The molecule has 268 valence electrons. The fourth-order valence-corrected chi connectivity index (χ4v) is 6.54. The number of halogens is 10. The molecule has 3 aromatic rings. The molecule has 3 aromatic carbocycles. The van der Waals surface area contributed by atoms with Gasteiger partial charge in [-0.2, -0.15) is 8.78 Å². The fourth-order valence-electron chi connectivity index (χ4n) is 6.54. The molecule has 0 amide bonds. The predicted octanol–water partition coefficient (Wildman–Crippen LogP) is 11.1. The number of unbranched alkanes of at least 4 members (excludes halogenated alkanes) is 2. The van der Waals surface area contributed by atoms with Crippen LogP contribution in [0.5, 0.6) is 11.5 Å². The van der Waals surface area contributed by atoms with Gasteiger partial charge in [0, 0.05) is 29.2 Å². The Kier molecular flexibility index (Phi) is 11.4. The van der Waals surface area contributed by atoms with Gasteiger partial charge in [0.2, 0.25) is 5.75 Å². The molecule has 49 heavy (non-hydrogen) atoms. The average molecular weight is 709 g/mol. The van der Waals surface area contributed by atoms with Crippen molar-refractivity contribution in [2.45, 2.75) is 77.1 Å². The summed E-state index contributed by atoms with van der Waals surface area (Å²) in [6, 6.07) is 4.30. The van der Waals surface area contributed by atoms with Crippen molar-refractivity contribution in [3.05, 3.63) is 82.7 Å². The van der Waals surface area contributed by atoms with Crippen LogP contribution in [0, 0.1) is 46.8 Å². The number of benzene rings is 3. The van der Waals surface area contributed by atoms with Crippen molar-refractivity contribution >= 4 is 0 Å². The van der Waals surface area contributed by atoms with Crippen molar-refractivity contribution in [1.82, 2.24) is 0 Å². The third-order valence-corrected chi connectivity index (χ3v) is 9.04. The zero-order chi connectivity index (χ0) is 35.5. The maximum atomic E-state index is 15.2. The lowest BCUT2D eigenvalue weighted by atomic mass is 9.74. The van der Waals surface area contributed by atoms with Crippen LogP contribution in [0.1, 0.15) is 75.7 Å². The van der Waals surface area contributed by atoms with Gasteiger partial charge in [-0.25, -0.2) is 22.0 Å². The van der Waals surface area contributed by atoms with Gasteiger partial charge >= 0.3 is 12.5 Å². The summed E-state index contributed by atoms with van der Waals surface area (Å²) in [7, 11) is 0. The van der Waals surface area contributed by atoms with Crippen LogP contribution in [-0.2, 0) is 15.6 Å². The molecule has 1 saturated heterocycles. The molecule has 1 heterocycles. The van der Waals surface area contributed by atoms with Crippen molar-refractivity contribution in [2.24, 2.45) is 17.8 Å². The summed E-state index contributed by atoms with van der Waals surface area (Å²) in [5, 5.41) is 0. The van der Waals surface area contributed by atoms with Crippen LogP contribution in [-0.4, -0.2) is 19.6 Å². The quantitative estimate of drug-likeness (QED) is 0.147. The lowest BCUT2D eigenvalue weighted by molar-refractivity contribution is -0.276. The van der Waals surface area contributed by atoms with Gasteiger partial charge in [0.15, 0.2) is 17.9 Å². The van der Waals surface area contributed by atoms with Crippen molar-refractivity contribution in [2.75, 3.05) is 13.2 Å². The van der Waals surface area contributed by atoms with Crippen LogP contribution in [0.3, 0.4) is 0 Å². The third-order valence-electron chi connectivity index (χ3n) is 9.04. The molecule has 1 saturated carbocycles. The number of rotatable bonds is 11. The molecule has 1 aliphatic heterocycles. The van der Waals surface area contributed by atoms with Crippen LogP contribution >= 0.6 is 0 Å². The Morgan fingerprint density at radius 1 is 0.694 bits per heavy atom. The largest absolute Gasteiger partial charge is 0.573 e. The lowest BCUT2D eigenvalue weighted by Gasteiger charge is -2.38. The second-order valence-electron chi connectivity index (χ2n) is 12.5. The highest BCUT2D eigenvalue weighted by atomic mass is 19.4. The molecular formula is C35H34F10O4. The summed E-state index contributed by atoms with van der Waals surface area (Å²) in [5.74, 6) is -10.8. The van der Waals surface area contributed by atoms with E-state index in [1.54, 1.807) is 0 Å². The Balaban J connectivity index is 1.23. The Morgan fingerprint density at radius 3 is 1.86 bits per heavy atom. The highest BCUT2D eigenvalue weighted by Gasteiger charge is 2.42. The molecule has 5 rings (SSSR count). The van der Waals surface area contributed by atoms with Crippen molar-refractivity contribution in [1.29, 1.82) is 0 Å². The number of ether oxygens (including phenoxy) is 4. The first-order valence-corrected chi connectivity index (χ1v) is 16.0. The topological polar surface area (TPSA) is 36.9 Å². The van der Waals surface area contributed by atoms with E-state index in [0.29, 0.717) is 36.8 Å². The maximum absolute atomic E-state index is 15.2. The molecule has 0 aromatic heterocycles. The summed E-state index contributed by atoms with van der Waals surface area (Å²) in [6.07, 6.45) is -1.72. The van der Waals surface area contributed by atoms with Gasteiger partial charge in [0.05, 0.1) is 13.2 Å². The number of alkyl halides is 5. The molecule has 0 N–H and O–H groups in total. The predicted molar refractivity (Wildman–Crippen MR) is 157 cm³/mol. The molecule has 2 aliphatic rings. The van der Waals surface area contributed by atoms with Crippen LogP contribution in [0.15, 0.2) is 42.5 Å². The maximum Gasteiger partial charge on any atom is 0.573 e. The minimum atomic E-state index is -5.50. The highest BCUT2D eigenvalue weighted by Crippen LogP contribution is 2.41. The normalized spacial score (nSPS) is 21.9. The van der Waals surface area contributed by atoms with Gasteiger partial charge in [-0.15, -0.1) is 13.2 Å². The first-order chi connectivity index (χ1) is 23.1. The first-order valence-electron chi connectivity index (χ1n) is 16.0. The van der Waals surface area contributed by atoms with E-state index < -0.39 is 70.5 Å². The summed E-state index contributed by atoms with van der Waals surface area (Å²) < 4.78 is 159. The van der Waals surface area contributed by atoms with Gasteiger partial charge in [-0.1, -0.05) is 57.6 Å². The van der Waals surface area contributed by atoms with E-state index in [2.05, 4.69) is 16.4 Å². The van der Waals surface area contributed by atoms with E-state index in [1.165, 1.54) is 50.7 Å². The summed E-state index contributed by atoms with van der Waals surface area (Å²) >= 11 is 0. The molecule has 0 atom stereocenters. The van der Waals surface area contributed by atoms with E-state index in [0.717, 1.165) is 24.8 Å². The smallest absolute Gasteiger partial charge is 0.429 e. The van der Waals surface area contributed by atoms with E-state index in [1.807, 2.05) is 0 Å². The second-order valence-corrected chi connectivity index (χ2v) is 12.5. The van der Waals surface area contributed by atoms with E-state index >= 15 is 4.39 Å². The molecule has 0 bridgehead atoms. The molecule has 0 radical (unpaired) electrons. The van der Waals surface area contributed by atoms with E-state index in [9.17, 15) is 39.5 Å². The van der Waals surface area contributed by atoms with E-state index in [-0.39, 0.29) is 23.6 Å². The van der Waals surface area contributed by atoms with Crippen LogP contribution in [0.2, 0.25) is 0 Å². The van der Waals surface area contributed by atoms with E-state index in [4.69, 9.17) is 9.47 Å². The molecule has 0 unspecified atom stereocenters. The summed E-state index contributed by atoms with van der Waals surface area (Å²) in [4.78, 5) is 0. The molecule has 0 spiro atoms. The van der Waals surface area contributed by atoms with Crippen molar-refractivity contribution in [3.8, 4) is 22.6 Å². The van der Waals surface area contributed by atoms with Crippen molar-refractivity contribution in [3.63, 3.8) is 0 Å². The van der Waals surface area contributed by atoms with Gasteiger partial charge in [-0.05, 0) is 48.4 Å². The zero-order valence-corrected chi connectivity index (χ0v) is 26.3. The SMILES string of the molecule is CCCCCC1CCC(C2COC(c3ccc(-c4cc(F)c(C(F)(F)Oc5cc(F)c(OC(F)(F)F)c(F)c5)c(F)c4)c(F)c3)OC2)CC1. The summed E-state index contributed by atoms with van der Waals surface area (Å²) in [5.41, 5.74) is -2.48. The van der Waals surface area contributed by atoms with Crippen LogP contribution in [0.4, 0.5) is 43.9 Å². The first kappa shape index (κ1) is 36.8. The van der Waals surface area contributed by atoms with Gasteiger partial charge in [-0.3, -0.25) is 0 Å². The number of hydrogen-bond acceptors (Lipinski definition) is 4. The minimum Gasteiger partial charge on any atom is -0.429 e. The Bertz CT molecular complexity index is 1550. The fraction of sp³-hybridized carbons (Fsp3) is 0.486. The highest BCUT2D eigenvalue weighted by molar-refractivity contribution is 5.65. The zero-order valence-electron chi connectivity index (χ0n) is 26.3. The lowest BCUT2D eigenvalue weighted by Crippen LogP contribution is -2.34. The Morgan fingerprint density at radius 2 is 1.31 bits per heavy atom. The molecule has 1 aliphatic carbocycles. The molecule has 4 nitrogen and oxygen atoms in total. The summed E-state index contributed by atoms with van der Waals surface area (Å²) in [6.45, 7) is 3.05. The Labute approximate surface area is 276 Å². The molecule has 14 heteroatoms. The number of hydrogen-bond donors (Lipinski definition) is 0. The van der Waals surface area contributed by atoms with Gasteiger partial charge < -0.3 is 18.9 Å². The third kappa shape index (κ3) is 8.99.